The second-order valence-corrected chi connectivity index (χ2v) is 7.70. The van der Waals surface area contributed by atoms with Gasteiger partial charge < -0.3 is 9.64 Å². The third-order valence-corrected chi connectivity index (χ3v) is 5.79. The highest BCUT2D eigenvalue weighted by molar-refractivity contribution is 6.31. The summed E-state index contributed by atoms with van der Waals surface area (Å²) in [5.74, 6) is 0. The molecular formula is C21H25ClN4O. The molecule has 0 aliphatic carbocycles. The normalized spacial score (nSPS) is 17.2. The zero-order valence-corrected chi connectivity index (χ0v) is 16.6. The molecule has 0 saturated carbocycles. The molecule has 27 heavy (non-hydrogen) atoms. The quantitative estimate of drug-likeness (QED) is 0.656. The van der Waals surface area contributed by atoms with Gasteiger partial charge in [-0.05, 0) is 37.1 Å². The van der Waals surface area contributed by atoms with Crippen molar-refractivity contribution in [2.45, 2.75) is 32.1 Å². The number of halogens is 1. The molecule has 1 atom stereocenters. The monoisotopic (exact) mass is 384 g/mol. The first kappa shape index (κ1) is 18.3. The van der Waals surface area contributed by atoms with E-state index >= 15 is 0 Å². The smallest absolute Gasteiger partial charge is 0.155 e. The Morgan fingerprint density at radius 1 is 1.22 bits per heavy atom. The molecule has 0 spiro atoms. The third-order valence-electron chi connectivity index (χ3n) is 5.47. The first-order valence-corrected chi connectivity index (χ1v) is 9.93. The Labute approximate surface area is 164 Å². The molecule has 4 rings (SSSR count). The van der Waals surface area contributed by atoms with Crippen LogP contribution in [0.2, 0.25) is 5.02 Å². The summed E-state index contributed by atoms with van der Waals surface area (Å²) >= 11 is 6.81. The number of anilines is 1. The molecule has 1 aromatic carbocycles. The maximum Gasteiger partial charge on any atom is 0.155 e. The molecule has 3 aromatic rings. The molecule has 142 valence electrons. The van der Waals surface area contributed by atoms with Gasteiger partial charge in [-0.25, -0.2) is 9.50 Å². The molecule has 1 unspecified atom stereocenters. The highest BCUT2D eigenvalue weighted by atomic mass is 35.5. The molecule has 3 heterocycles. The van der Waals surface area contributed by atoms with Crippen LogP contribution >= 0.6 is 11.6 Å². The summed E-state index contributed by atoms with van der Waals surface area (Å²) in [6, 6.07) is 10.4. The van der Waals surface area contributed by atoms with E-state index < -0.39 is 0 Å². The van der Waals surface area contributed by atoms with Crippen LogP contribution in [0.5, 0.6) is 0 Å². The van der Waals surface area contributed by atoms with Crippen LogP contribution in [0.1, 0.15) is 37.9 Å². The molecule has 0 amide bonds. The van der Waals surface area contributed by atoms with Crippen molar-refractivity contribution in [1.82, 2.24) is 14.6 Å². The van der Waals surface area contributed by atoms with Crippen molar-refractivity contribution in [2.24, 2.45) is 0 Å². The number of morpholine rings is 1. The molecular weight excluding hydrogens is 360 g/mol. The lowest BCUT2D eigenvalue weighted by molar-refractivity contribution is 0.122. The summed E-state index contributed by atoms with van der Waals surface area (Å²) in [7, 11) is 0. The highest BCUT2D eigenvalue weighted by Crippen LogP contribution is 2.41. The largest absolute Gasteiger partial charge is 0.378 e. The first-order chi connectivity index (χ1) is 13.1. The van der Waals surface area contributed by atoms with Crippen molar-refractivity contribution in [2.75, 3.05) is 31.2 Å². The van der Waals surface area contributed by atoms with Gasteiger partial charge in [0.25, 0.3) is 0 Å². The van der Waals surface area contributed by atoms with E-state index in [1.807, 2.05) is 16.8 Å². The molecule has 2 aromatic heterocycles. The van der Waals surface area contributed by atoms with Crippen LogP contribution in [0.4, 0.5) is 5.69 Å². The highest BCUT2D eigenvalue weighted by Gasteiger charge is 2.33. The van der Waals surface area contributed by atoms with Gasteiger partial charge in [-0.15, -0.1) is 0 Å². The van der Waals surface area contributed by atoms with Gasteiger partial charge in [-0.1, -0.05) is 31.0 Å². The average Bonchev–Trinajstić information content (AvgIpc) is 3.13. The molecule has 1 fully saturated rings. The van der Waals surface area contributed by atoms with Crippen molar-refractivity contribution in [3.63, 3.8) is 0 Å². The van der Waals surface area contributed by atoms with Gasteiger partial charge in [0, 0.05) is 47.7 Å². The molecule has 1 saturated heterocycles. The van der Waals surface area contributed by atoms with Gasteiger partial charge >= 0.3 is 0 Å². The van der Waals surface area contributed by atoms with Crippen LogP contribution in [0.3, 0.4) is 0 Å². The number of hydrogen-bond donors (Lipinski definition) is 0. The lowest BCUT2D eigenvalue weighted by Crippen LogP contribution is -2.36. The summed E-state index contributed by atoms with van der Waals surface area (Å²) in [6.45, 7) is 7.76. The van der Waals surface area contributed by atoms with E-state index in [2.05, 4.69) is 48.0 Å². The summed E-state index contributed by atoms with van der Waals surface area (Å²) in [5, 5.41) is 5.59. The lowest BCUT2D eigenvalue weighted by Gasteiger charge is -2.32. The number of benzene rings is 1. The van der Waals surface area contributed by atoms with Crippen LogP contribution in [0.25, 0.3) is 5.65 Å². The SMILES string of the molecule is CCCC(C)(c1cc2ncccn2n1)c1ccc(N2CCOCC2)cc1Cl. The van der Waals surface area contributed by atoms with Crippen LogP contribution in [0, 0.1) is 0 Å². The van der Waals surface area contributed by atoms with E-state index in [1.165, 1.54) is 0 Å². The van der Waals surface area contributed by atoms with E-state index in [4.69, 9.17) is 21.4 Å². The second-order valence-electron chi connectivity index (χ2n) is 7.30. The van der Waals surface area contributed by atoms with Crippen molar-refractivity contribution >= 4 is 22.9 Å². The molecule has 1 aliphatic heterocycles. The minimum absolute atomic E-state index is 0.261. The summed E-state index contributed by atoms with van der Waals surface area (Å²) in [5.41, 5.74) is 3.87. The maximum absolute atomic E-state index is 6.81. The minimum atomic E-state index is -0.261. The van der Waals surface area contributed by atoms with E-state index in [1.54, 1.807) is 6.20 Å². The number of ether oxygens (including phenoxy) is 1. The van der Waals surface area contributed by atoms with Gasteiger partial charge in [0.2, 0.25) is 0 Å². The Bertz CT molecular complexity index is 902. The molecule has 0 N–H and O–H groups in total. The summed E-state index contributed by atoms with van der Waals surface area (Å²) < 4.78 is 7.29. The second kappa shape index (κ2) is 7.49. The topological polar surface area (TPSA) is 42.7 Å². The van der Waals surface area contributed by atoms with Crippen LogP contribution < -0.4 is 4.90 Å². The van der Waals surface area contributed by atoms with E-state index in [0.29, 0.717) is 0 Å². The minimum Gasteiger partial charge on any atom is -0.378 e. The van der Waals surface area contributed by atoms with E-state index in [9.17, 15) is 0 Å². The molecule has 6 heteroatoms. The van der Waals surface area contributed by atoms with Crippen molar-refractivity contribution < 1.29 is 4.74 Å². The first-order valence-electron chi connectivity index (χ1n) is 9.55. The fraction of sp³-hybridized carbons (Fsp3) is 0.429. The maximum atomic E-state index is 6.81. The third kappa shape index (κ3) is 3.42. The Kier molecular flexibility index (Phi) is 5.06. The van der Waals surface area contributed by atoms with Gasteiger partial charge in [0.15, 0.2) is 5.65 Å². The Balaban J connectivity index is 1.74. The summed E-state index contributed by atoms with van der Waals surface area (Å²) in [4.78, 5) is 6.74. The predicted molar refractivity (Wildman–Crippen MR) is 109 cm³/mol. The Morgan fingerprint density at radius 2 is 2.04 bits per heavy atom. The number of aromatic nitrogens is 3. The lowest BCUT2D eigenvalue weighted by atomic mass is 9.76. The molecule has 0 radical (unpaired) electrons. The Hall–Kier alpha value is -2.11. The number of rotatable bonds is 5. The fourth-order valence-electron chi connectivity index (χ4n) is 3.97. The number of fused-ring (bicyclic) bond motifs is 1. The molecule has 1 aliphatic rings. The van der Waals surface area contributed by atoms with Gasteiger partial charge in [-0.2, -0.15) is 5.10 Å². The predicted octanol–water partition coefficient (Wildman–Crippen LogP) is 4.33. The zero-order chi connectivity index (χ0) is 18.9. The standard InChI is InChI=1S/C21H25ClN4O/c1-3-7-21(2,19-15-20-23-8-4-9-26(20)24-19)17-6-5-16(14-18(17)22)25-10-12-27-13-11-25/h4-6,8-9,14-15H,3,7,10-13H2,1-2H3. The number of nitrogens with zero attached hydrogens (tertiary/aromatic N) is 4. The number of hydrogen-bond acceptors (Lipinski definition) is 4. The van der Waals surface area contributed by atoms with Crippen molar-refractivity contribution in [3.05, 3.63) is 59.0 Å². The fourth-order valence-corrected chi connectivity index (χ4v) is 4.35. The van der Waals surface area contributed by atoms with Crippen LogP contribution in [-0.2, 0) is 10.2 Å². The summed E-state index contributed by atoms with van der Waals surface area (Å²) in [6.07, 6.45) is 5.73. The van der Waals surface area contributed by atoms with Crippen molar-refractivity contribution in [1.29, 1.82) is 0 Å². The van der Waals surface area contributed by atoms with Crippen LogP contribution in [-0.4, -0.2) is 40.9 Å². The van der Waals surface area contributed by atoms with Gasteiger partial charge in [0.1, 0.15) is 0 Å². The Morgan fingerprint density at radius 3 is 2.74 bits per heavy atom. The van der Waals surface area contributed by atoms with E-state index in [-0.39, 0.29) is 5.41 Å². The van der Waals surface area contributed by atoms with Crippen molar-refractivity contribution in [3.8, 4) is 0 Å². The molecule has 5 nitrogen and oxygen atoms in total. The zero-order valence-electron chi connectivity index (χ0n) is 15.9. The van der Waals surface area contributed by atoms with Crippen LogP contribution in [0.15, 0.2) is 42.7 Å². The average molecular weight is 385 g/mol. The van der Waals surface area contributed by atoms with Gasteiger partial charge in [-0.3, -0.25) is 0 Å². The van der Waals surface area contributed by atoms with E-state index in [0.717, 1.165) is 66.8 Å². The van der Waals surface area contributed by atoms with Gasteiger partial charge in [0.05, 0.1) is 18.9 Å². The molecule has 0 bridgehead atoms.